The number of hydrogen-bond donors (Lipinski definition) is 0. The molecule has 3 aliphatic carbocycles. The van der Waals surface area contributed by atoms with Gasteiger partial charge in [-0.2, -0.15) is 4.57 Å². The van der Waals surface area contributed by atoms with Crippen LogP contribution in [0.1, 0.15) is 94.7 Å². The van der Waals surface area contributed by atoms with Crippen LogP contribution in [0, 0.1) is 0 Å². The summed E-state index contributed by atoms with van der Waals surface area (Å²) in [4.78, 5) is 0. The molecule has 0 N–H and O–H groups in total. The smallest absolute Gasteiger partial charge is 0.192 e. The first-order valence-electron chi connectivity index (χ1n) is 12.9. The van der Waals surface area contributed by atoms with E-state index >= 15 is 0 Å². The van der Waals surface area contributed by atoms with E-state index in [-0.39, 0.29) is 11.0 Å². The molecular formula is C31H35BrN+. The molecule has 170 valence electrons. The quantitative estimate of drug-likeness (QED) is 0.316. The Balaban J connectivity index is 1.67. The topological polar surface area (TPSA) is 3.88 Å². The summed E-state index contributed by atoms with van der Waals surface area (Å²) in [5.41, 5.74) is 10.3. The van der Waals surface area contributed by atoms with Crippen LogP contribution in [0.3, 0.4) is 0 Å². The van der Waals surface area contributed by atoms with Crippen molar-refractivity contribution in [1.29, 1.82) is 0 Å². The highest BCUT2D eigenvalue weighted by molar-refractivity contribution is 9.10. The highest BCUT2D eigenvalue weighted by atomic mass is 79.9. The zero-order chi connectivity index (χ0) is 23.0. The van der Waals surface area contributed by atoms with Crippen molar-refractivity contribution in [3.8, 4) is 22.4 Å². The molecule has 0 amide bonds. The lowest BCUT2D eigenvalue weighted by Crippen LogP contribution is -2.67. The van der Waals surface area contributed by atoms with Crippen molar-refractivity contribution >= 4 is 15.9 Å². The summed E-state index contributed by atoms with van der Waals surface area (Å²) >= 11 is 3.97. The molecule has 1 fully saturated rings. The minimum absolute atomic E-state index is 0.0393. The first-order chi connectivity index (χ1) is 15.9. The molecule has 2 heterocycles. The van der Waals surface area contributed by atoms with Gasteiger partial charge in [-0.15, -0.1) is 0 Å². The van der Waals surface area contributed by atoms with Gasteiger partial charge in [0.1, 0.15) is 0 Å². The second kappa shape index (κ2) is 7.54. The van der Waals surface area contributed by atoms with Crippen molar-refractivity contribution in [3.05, 3.63) is 75.9 Å². The minimum atomic E-state index is 0.0393. The van der Waals surface area contributed by atoms with Crippen LogP contribution in [-0.4, -0.2) is 0 Å². The molecule has 1 aromatic heterocycles. The SMILES string of the molecule is CCC1(C)c2cc(-c3ccccc3)c(Br)cc2-c2cc3c(c[n+]2C1(C)CC)C1CCC3CC1. The van der Waals surface area contributed by atoms with Gasteiger partial charge in [0.25, 0.3) is 0 Å². The highest BCUT2D eigenvalue weighted by Crippen LogP contribution is 2.54. The van der Waals surface area contributed by atoms with Gasteiger partial charge in [0, 0.05) is 29.4 Å². The Kier molecular flexibility index (Phi) is 4.93. The van der Waals surface area contributed by atoms with Crippen LogP contribution in [-0.2, 0) is 11.0 Å². The van der Waals surface area contributed by atoms with E-state index < -0.39 is 0 Å². The summed E-state index contributed by atoms with van der Waals surface area (Å²) in [6.45, 7) is 9.80. The molecule has 1 saturated carbocycles. The molecule has 1 aliphatic heterocycles. The molecule has 2 atom stereocenters. The van der Waals surface area contributed by atoms with E-state index in [1.54, 1.807) is 11.1 Å². The average molecular weight is 502 g/mol. The van der Waals surface area contributed by atoms with Gasteiger partial charge in [-0.25, -0.2) is 0 Å². The molecule has 7 rings (SSSR count). The molecule has 3 aromatic rings. The number of nitrogens with zero attached hydrogens (tertiary/aromatic N) is 1. The van der Waals surface area contributed by atoms with Crippen LogP contribution in [0.4, 0.5) is 0 Å². The number of aromatic nitrogens is 1. The molecule has 0 spiro atoms. The van der Waals surface area contributed by atoms with E-state index in [2.05, 4.69) is 103 Å². The molecular weight excluding hydrogens is 466 g/mol. The van der Waals surface area contributed by atoms with Gasteiger partial charge in [-0.1, -0.05) is 60.1 Å². The predicted octanol–water partition coefficient (Wildman–Crippen LogP) is 8.63. The summed E-state index contributed by atoms with van der Waals surface area (Å²) in [6, 6.07) is 18.4. The van der Waals surface area contributed by atoms with Crippen LogP contribution in [0.2, 0.25) is 0 Å². The fourth-order valence-corrected chi connectivity index (χ4v) is 7.95. The second-order valence-corrected chi connectivity index (χ2v) is 11.9. The minimum Gasteiger partial charge on any atom is -0.192 e. The van der Waals surface area contributed by atoms with Gasteiger partial charge in [-0.3, -0.25) is 0 Å². The normalized spacial score (nSPS) is 29.4. The summed E-state index contributed by atoms with van der Waals surface area (Å²) in [6.07, 6.45) is 10.4. The molecule has 1 nitrogen and oxygen atoms in total. The maximum Gasteiger partial charge on any atom is 0.213 e. The standard InChI is InChI=1S/C31H35BrN/c1-5-30(3)27-16-24(20-10-8-7-9-11-20)28(32)17-25(27)29-18-23-21-12-14-22(15-13-21)26(23)19-33(29)31(30,4)6-2/h7-11,16-19,21-22H,5-6,12-15H2,1-4H3/q+1. The molecule has 2 unspecified atom stereocenters. The van der Waals surface area contributed by atoms with Gasteiger partial charge in [0.2, 0.25) is 5.69 Å². The number of pyridine rings is 1. The Bertz CT molecular complexity index is 1240. The number of rotatable bonds is 3. The Morgan fingerprint density at radius 2 is 1.52 bits per heavy atom. The fourth-order valence-electron chi connectivity index (χ4n) is 7.38. The van der Waals surface area contributed by atoms with Crippen molar-refractivity contribution in [1.82, 2.24) is 0 Å². The van der Waals surface area contributed by atoms with Gasteiger partial charge in [0.05, 0.1) is 11.0 Å². The Morgan fingerprint density at radius 3 is 2.15 bits per heavy atom. The van der Waals surface area contributed by atoms with Crippen LogP contribution in [0.5, 0.6) is 0 Å². The third kappa shape index (κ3) is 2.86. The first-order valence-corrected chi connectivity index (χ1v) is 13.7. The van der Waals surface area contributed by atoms with Crippen LogP contribution in [0.25, 0.3) is 22.4 Å². The number of hydrogen-bond acceptors (Lipinski definition) is 0. The fraction of sp³-hybridized carbons (Fsp3) is 0.452. The van der Waals surface area contributed by atoms with Gasteiger partial charge >= 0.3 is 0 Å². The molecule has 2 heteroatoms. The van der Waals surface area contributed by atoms with Crippen molar-refractivity contribution in [3.63, 3.8) is 0 Å². The summed E-state index contributed by atoms with van der Waals surface area (Å²) in [5, 5.41) is 0. The molecule has 0 saturated heterocycles. The second-order valence-electron chi connectivity index (χ2n) is 11.0. The number of benzene rings is 2. The van der Waals surface area contributed by atoms with Crippen LogP contribution < -0.4 is 4.57 Å². The number of halogens is 1. The zero-order valence-electron chi connectivity index (χ0n) is 20.4. The molecule has 33 heavy (non-hydrogen) atoms. The third-order valence-electron chi connectivity index (χ3n) is 9.94. The van der Waals surface area contributed by atoms with Gasteiger partial charge < -0.3 is 0 Å². The van der Waals surface area contributed by atoms with E-state index in [1.807, 2.05) is 0 Å². The van der Waals surface area contributed by atoms with Gasteiger partial charge in [-0.05, 0) is 85.3 Å². The van der Waals surface area contributed by atoms with Crippen molar-refractivity contribution < 1.29 is 4.57 Å². The van der Waals surface area contributed by atoms with Crippen molar-refractivity contribution in [2.24, 2.45) is 0 Å². The van der Waals surface area contributed by atoms with E-state index in [0.717, 1.165) is 24.7 Å². The monoisotopic (exact) mass is 500 g/mol. The van der Waals surface area contributed by atoms with E-state index in [1.165, 1.54) is 58.1 Å². The Morgan fingerprint density at radius 1 is 0.848 bits per heavy atom. The number of fused-ring (bicyclic) bond motifs is 5. The Hall–Kier alpha value is -1.93. The zero-order valence-corrected chi connectivity index (χ0v) is 22.0. The lowest BCUT2D eigenvalue weighted by atomic mass is 9.59. The summed E-state index contributed by atoms with van der Waals surface area (Å²) < 4.78 is 3.89. The van der Waals surface area contributed by atoms with E-state index in [9.17, 15) is 0 Å². The lowest BCUT2D eigenvalue weighted by Gasteiger charge is -2.47. The van der Waals surface area contributed by atoms with Crippen molar-refractivity contribution in [2.45, 2.75) is 89.0 Å². The maximum atomic E-state index is 3.97. The molecule has 2 bridgehead atoms. The average Bonchev–Trinajstić information content (AvgIpc) is 2.87. The molecule has 4 aliphatic rings. The van der Waals surface area contributed by atoms with Crippen LogP contribution >= 0.6 is 15.9 Å². The van der Waals surface area contributed by atoms with Crippen molar-refractivity contribution in [2.75, 3.05) is 0 Å². The lowest BCUT2D eigenvalue weighted by molar-refractivity contribution is -0.765. The maximum absolute atomic E-state index is 3.97. The first kappa shape index (κ1) is 21.6. The predicted molar refractivity (Wildman–Crippen MR) is 141 cm³/mol. The Labute approximate surface area is 207 Å². The van der Waals surface area contributed by atoms with Gasteiger partial charge in [0.15, 0.2) is 11.7 Å². The van der Waals surface area contributed by atoms with Crippen LogP contribution in [0.15, 0.2) is 59.2 Å². The summed E-state index contributed by atoms with van der Waals surface area (Å²) in [7, 11) is 0. The van der Waals surface area contributed by atoms with E-state index in [4.69, 9.17) is 0 Å². The molecule has 2 aromatic carbocycles. The van der Waals surface area contributed by atoms with E-state index in [0.29, 0.717) is 0 Å². The largest absolute Gasteiger partial charge is 0.213 e. The molecule has 0 radical (unpaired) electrons. The summed E-state index contributed by atoms with van der Waals surface area (Å²) in [5.74, 6) is 1.53. The highest BCUT2D eigenvalue weighted by Gasteiger charge is 2.57. The third-order valence-corrected chi connectivity index (χ3v) is 10.6.